The maximum Gasteiger partial charge on any atom is 0.226 e. The minimum atomic E-state index is -0.552. The molecule has 2 amide bonds. The number of nitrogens with zero attached hydrogens (tertiary/aromatic N) is 4. The first-order valence-corrected chi connectivity index (χ1v) is 18.3. The number of aryl methyl sites for hydroxylation is 2. The number of aromatic nitrogens is 4. The van der Waals surface area contributed by atoms with E-state index >= 15 is 0 Å². The Bertz CT molecular complexity index is 2080. The molecule has 0 bridgehead atoms. The van der Waals surface area contributed by atoms with E-state index in [-0.39, 0.29) is 30.1 Å². The van der Waals surface area contributed by atoms with Crippen LogP contribution in [-0.4, -0.2) is 70.4 Å². The molecule has 278 valence electrons. The van der Waals surface area contributed by atoms with Crippen LogP contribution >= 0.6 is 0 Å². The molecule has 1 aliphatic heterocycles. The summed E-state index contributed by atoms with van der Waals surface area (Å²) in [7, 11) is 4.09. The SMILES string of the molecule is CNc1cc2[nH]c(C3CCCN3C)cc2cn1.Cc1nn(CCCCCCCC#Cc2cccc(NC(=O)CCNC=O)c2F)c2cc(C=O)ccc12. The summed E-state index contributed by atoms with van der Waals surface area (Å²) in [4.78, 5) is 43.4. The molecule has 5 aromatic rings. The molecule has 1 fully saturated rings. The van der Waals surface area contributed by atoms with Crippen molar-refractivity contribution in [3.63, 3.8) is 0 Å². The van der Waals surface area contributed by atoms with E-state index in [0.29, 0.717) is 24.4 Å². The number of carbonyl (C=O) groups excluding carboxylic acids is 3. The number of aldehydes is 1. The minimum absolute atomic E-state index is 0.0629. The number of amides is 2. The number of carbonyl (C=O) groups is 3. The van der Waals surface area contributed by atoms with Gasteiger partial charge in [-0.3, -0.25) is 24.0 Å². The maximum atomic E-state index is 14.6. The molecule has 1 saturated heterocycles. The third kappa shape index (κ3) is 10.5. The Balaban J connectivity index is 0.000000262. The van der Waals surface area contributed by atoms with Crippen LogP contribution in [0.1, 0.15) is 91.1 Å². The van der Waals surface area contributed by atoms with Crippen LogP contribution in [0.3, 0.4) is 0 Å². The zero-order chi connectivity index (χ0) is 37.6. The van der Waals surface area contributed by atoms with Gasteiger partial charge in [-0.25, -0.2) is 9.37 Å². The van der Waals surface area contributed by atoms with Crippen molar-refractivity contribution in [3.05, 3.63) is 83.1 Å². The number of halogens is 1. The highest BCUT2D eigenvalue weighted by molar-refractivity contribution is 5.91. The number of likely N-dealkylation sites (tertiary alicyclic amines) is 1. The average molecular weight is 721 g/mol. The largest absolute Gasteiger partial charge is 0.373 e. The number of hydrogen-bond acceptors (Lipinski definition) is 7. The van der Waals surface area contributed by atoms with Gasteiger partial charge in [-0.15, -0.1) is 0 Å². The van der Waals surface area contributed by atoms with Crippen molar-refractivity contribution in [1.82, 2.24) is 30.0 Å². The summed E-state index contributed by atoms with van der Waals surface area (Å²) in [5.74, 6) is 5.86. The summed E-state index contributed by atoms with van der Waals surface area (Å²) < 4.78 is 16.6. The van der Waals surface area contributed by atoms with Gasteiger partial charge in [-0.1, -0.05) is 49.3 Å². The van der Waals surface area contributed by atoms with Gasteiger partial charge in [0.25, 0.3) is 0 Å². The third-order valence-electron chi connectivity index (χ3n) is 9.50. The molecule has 6 rings (SSSR count). The summed E-state index contributed by atoms with van der Waals surface area (Å²) in [6, 6.07) is 15.2. The Labute approximate surface area is 310 Å². The number of anilines is 2. The smallest absolute Gasteiger partial charge is 0.226 e. The standard InChI is InChI=1S/C28H31FN4O3.C13H18N4/c1-21-24-14-13-22(19-34)18-26(24)33(32-21)17-8-6-4-2-3-5-7-10-23-11-9-12-25(28(23)29)31-27(36)15-16-30-20-35;1-14-13-7-10-9(8-15-13)6-11(16-10)12-4-3-5-17(12)2/h9,11-14,18-20H,2-6,8,15-17H2,1H3,(H,30,35)(H,31,36);6-8,12,16H,3-5H2,1-2H3,(H,14,15). The Kier molecular flexibility index (Phi) is 14.1. The highest BCUT2D eigenvalue weighted by Gasteiger charge is 2.24. The van der Waals surface area contributed by atoms with Gasteiger partial charge in [-0.2, -0.15) is 5.10 Å². The number of benzene rings is 2. The Morgan fingerprint density at radius 2 is 1.92 bits per heavy atom. The molecule has 3 aromatic heterocycles. The summed E-state index contributed by atoms with van der Waals surface area (Å²) in [5, 5.41) is 14.9. The summed E-state index contributed by atoms with van der Waals surface area (Å²) in [6.45, 7) is 4.18. The quantitative estimate of drug-likeness (QED) is 0.0513. The molecule has 0 spiro atoms. The number of H-pyrrole nitrogens is 1. The van der Waals surface area contributed by atoms with Crippen molar-refractivity contribution in [3.8, 4) is 11.8 Å². The molecular formula is C41H49FN8O3. The number of unbranched alkanes of at least 4 members (excludes halogenated alkanes) is 5. The highest BCUT2D eigenvalue weighted by Crippen LogP contribution is 2.32. The number of fused-ring (bicyclic) bond motifs is 2. The lowest BCUT2D eigenvalue weighted by Gasteiger charge is -2.17. The lowest BCUT2D eigenvalue weighted by atomic mass is 10.1. The van der Waals surface area contributed by atoms with Crippen molar-refractivity contribution in [1.29, 1.82) is 0 Å². The lowest BCUT2D eigenvalue weighted by molar-refractivity contribution is -0.116. The fourth-order valence-electron chi connectivity index (χ4n) is 6.61. The number of pyridine rings is 1. The second-order valence-corrected chi connectivity index (χ2v) is 13.3. The first kappa shape index (κ1) is 38.7. The lowest BCUT2D eigenvalue weighted by Crippen LogP contribution is -2.21. The van der Waals surface area contributed by atoms with Crippen LogP contribution in [0.4, 0.5) is 15.9 Å². The van der Waals surface area contributed by atoms with Gasteiger partial charge in [0, 0.05) is 73.3 Å². The molecular weight excluding hydrogens is 672 g/mol. The summed E-state index contributed by atoms with van der Waals surface area (Å²) in [5.41, 5.74) is 5.44. The van der Waals surface area contributed by atoms with Gasteiger partial charge in [0.1, 0.15) is 12.1 Å². The van der Waals surface area contributed by atoms with Crippen molar-refractivity contribution in [2.75, 3.05) is 37.8 Å². The first-order chi connectivity index (χ1) is 25.8. The van der Waals surface area contributed by atoms with Crippen LogP contribution in [0, 0.1) is 24.6 Å². The zero-order valence-electron chi connectivity index (χ0n) is 30.8. The molecule has 0 radical (unpaired) electrons. The van der Waals surface area contributed by atoms with Crippen molar-refractivity contribution in [2.45, 2.75) is 77.3 Å². The van der Waals surface area contributed by atoms with E-state index in [0.717, 1.165) is 67.3 Å². The van der Waals surface area contributed by atoms with Crippen LogP contribution in [0.15, 0.2) is 54.7 Å². The van der Waals surface area contributed by atoms with Crippen molar-refractivity contribution in [2.24, 2.45) is 0 Å². The molecule has 1 atom stereocenters. The number of rotatable bonds is 15. The van der Waals surface area contributed by atoms with E-state index in [1.54, 1.807) is 12.1 Å². The van der Waals surface area contributed by atoms with Gasteiger partial charge < -0.3 is 20.9 Å². The number of aromatic amines is 1. The highest BCUT2D eigenvalue weighted by atomic mass is 19.1. The minimum Gasteiger partial charge on any atom is -0.373 e. The number of nitrogens with one attached hydrogen (secondary N) is 4. The second kappa shape index (κ2) is 19.3. The van der Waals surface area contributed by atoms with Crippen LogP contribution in [0.2, 0.25) is 0 Å². The van der Waals surface area contributed by atoms with Crippen LogP contribution < -0.4 is 16.0 Å². The molecule has 0 saturated carbocycles. The summed E-state index contributed by atoms with van der Waals surface area (Å²) >= 11 is 0. The predicted molar refractivity (Wildman–Crippen MR) is 208 cm³/mol. The topological polar surface area (TPSA) is 137 Å². The van der Waals surface area contributed by atoms with Crippen molar-refractivity contribution < 1.29 is 18.8 Å². The van der Waals surface area contributed by atoms with Gasteiger partial charge in [0.2, 0.25) is 12.3 Å². The molecule has 11 nitrogen and oxygen atoms in total. The van der Waals surface area contributed by atoms with E-state index in [1.807, 2.05) is 43.0 Å². The number of hydrogen-bond donors (Lipinski definition) is 4. The fourth-order valence-corrected chi connectivity index (χ4v) is 6.61. The van der Waals surface area contributed by atoms with Gasteiger partial charge in [0.15, 0.2) is 5.82 Å². The predicted octanol–water partition coefficient (Wildman–Crippen LogP) is 7.13. The Morgan fingerprint density at radius 3 is 2.70 bits per heavy atom. The van der Waals surface area contributed by atoms with Crippen LogP contribution in [-0.2, 0) is 16.1 Å². The van der Waals surface area contributed by atoms with Gasteiger partial charge in [-0.05, 0) is 70.5 Å². The third-order valence-corrected chi connectivity index (χ3v) is 9.50. The van der Waals surface area contributed by atoms with E-state index < -0.39 is 5.82 Å². The molecule has 4 N–H and O–H groups in total. The summed E-state index contributed by atoms with van der Waals surface area (Å²) in [6.07, 6.45) is 11.7. The Morgan fingerprint density at radius 1 is 1.09 bits per heavy atom. The van der Waals surface area contributed by atoms with Gasteiger partial charge >= 0.3 is 0 Å². The molecule has 4 heterocycles. The van der Waals surface area contributed by atoms with E-state index in [2.05, 4.69) is 66.9 Å². The monoisotopic (exact) mass is 720 g/mol. The molecule has 0 aliphatic carbocycles. The molecule has 2 aromatic carbocycles. The average Bonchev–Trinajstić information content (AvgIpc) is 3.88. The van der Waals surface area contributed by atoms with Gasteiger partial charge in [0.05, 0.1) is 28.0 Å². The van der Waals surface area contributed by atoms with E-state index in [4.69, 9.17) is 0 Å². The van der Waals surface area contributed by atoms with E-state index in [9.17, 15) is 18.8 Å². The normalized spacial score (nSPS) is 13.9. The second-order valence-electron chi connectivity index (χ2n) is 13.3. The molecule has 53 heavy (non-hydrogen) atoms. The fraction of sp³-hybridized carbons (Fsp3) is 0.390. The van der Waals surface area contributed by atoms with E-state index in [1.165, 1.54) is 42.0 Å². The zero-order valence-corrected chi connectivity index (χ0v) is 30.8. The maximum absolute atomic E-state index is 14.6. The molecule has 1 unspecified atom stereocenters. The molecule has 1 aliphatic rings. The Hall–Kier alpha value is -5.54. The molecule has 12 heteroatoms. The van der Waals surface area contributed by atoms with Crippen LogP contribution in [0.25, 0.3) is 21.8 Å². The first-order valence-electron chi connectivity index (χ1n) is 18.3. The van der Waals surface area contributed by atoms with Crippen molar-refractivity contribution >= 4 is 51.9 Å². The van der Waals surface area contributed by atoms with Crippen LogP contribution in [0.5, 0.6) is 0 Å².